The number of Topliss-reactive ketones (excluding diaryl/α,β-unsaturated/α-hetero) is 2. The number of carbonyl (C=O) groups is 3. The highest BCUT2D eigenvalue weighted by atomic mass is 16.3. The minimum atomic E-state index is -2.64. The van der Waals surface area contributed by atoms with Crippen LogP contribution in [0, 0.1) is 17.3 Å². The van der Waals surface area contributed by atoms with Crippen LogP contribution >= 0.6 is 0 Å². The van der Waals surface area contributed by atoms with Gasteiger partial charge in [0.15, 0.2) is 11.4 Å². The molecule has 0 heterocycles. The summed E-state index contributed by atoms with van der Waals surface area (Å²) in [6.07, 6.45) is 3.70. The van der Waals surface area contributed by atoms with Gasteiger partial charge in [0.25, 0.3) is 5.91 Å². The third kappa shape index (κ3) is 4.91. The lowest BCUT2D eigenvalue weighted by atomic mass is 9.57. The SMILES string of the molecule is CN(C)c1cc(CCCCC(C)(C)C)c(O)c2c1CC1CC3C(N(C)C)C(=O)C(C(N)=O)=C(O)C3(O)C(=O)C1=C2O. The molecule has 0 spiro atoms. The van der Waals surface area contributed by atoms with Gasteiger partial charge in [-0.3, -0.25) is 19.3 Å². The van der Waals surface area contributed by atoms with E-state index in [9.17, 15) is 34.8 Å². The third-order valence-corrected chi connectivity index (χ3v) is 8.88. The number of aliphatic hydroxyl groups is 3. The van der Waals surface area contributed by atoms with Crippen molar-refractivity contribution < 1.29 is 34.8 Å². The number of fused-ring (bicyclic) bond motifs is 3. The number of likely N-dealkylation sites (N-methyl/N-ethyl adjacent to an activating group) is 1. The molecular formula is C31H43N3O7. The number of anilines is 1. The number of aromatic hydroxyl groups is 1. The highest BCUT2D eigenvalue weighted by Gasteiger charge is 2.64. The number of rotatable bonds is 7. The summed E-state index contributed by atoms with van der Waals surface area (Å²) in [5.74, 6) is -6.38. The van der Waals surface area contributed by atoms with Gasteiger partial charge in [0.05, 0.1) is 11.6 Å². The second-order valence-electron chi connectivity index (χ2n) is 13.4. The van der Waals surface area contributed by atoms with Crippen molar-refractivity contribution in [3.05, 3.63) is 39.7 Å². The summed E-state index contributed by atoms with van der Waals surface area (Å²) in [4.78, 5) is 42.9. The first-order valence-electron chi connectivity index (χ1n) is 14.1. The minimum absolute atomic E-state index is 0.0634. The monoisotopic (exact) mass is 569 g/mol. The Labute approximate surface area is 241 Å². The van der Waals surface area contributed by atoms with Crippen molar-refractivity contribution >= 4 is 28.9 Å². The number of benzene rings is 1. The van der Waals surface area contributed by atoms with Crippen LogP contribution in [0.3, 0.4) is 0 Å². The molecule has 1 fully saturated rings. The Bertz CT molecular complexity index is 1370. The maximum absolute atomic E-state index is 14.1. The van der Waals surface area contributed by atoms with Crippen LogP contribution in [0.4, 0.5) is 5.69 Å². The van der Waals surface area contributed by atoms with E-state index in [1.54, 1.807) is 14.1 Å². The van der Waals surface area contributed by atoms with Crippen LogP contribution in [0.5, 0.6) is 5.75 Å². The Morgan fingerprint density at radius 1 is 1.10 bits per heavy atom. The van der Waals surface area contributed by atoms with Crippen molar-refractivity contribution in [3.63, 3.8) is 0 Å². The van der Waals surface area contributed by atoms with Crippen LogP contribution in [-0.2, 0) is 27.2 Å². The summed E-state index contributed by atoms with van der Waals surface area (Å²) >= 11 is 0. The molecule has 41 heavy (non-hydrogen) atoms. The number of nitrogens with zero attached hydrogens (tertiary/aromatic N) is 2. The fourth-order valence-electron chi connectivity index (χ4n) is 6.91. The summed E-state index contributed by atoms with van der Waals surface area (Å²) in [6, 6.07) is 0.815. The summed E-state index contributed by atoms with van der Waals surface area (Å²) in [5, 5.41) is 45.8. The molecule has 4 atom stereocenters. The predicted octanol–water partition coefficient (Wildman–Crippen LogP) is 2.79. The van der Waals surface area contributed by atoms with E-state index < -0.39 is 58.0 Å². The molecule has 0 aliphatic heterocycles. The summed E-state index contributed by atoms with van der Waals surface area (Å²) in [7, 11) is 6.90. The summed E-state index contributed by atoms with van der Waals surface area (Å²) in [6.45, 7) is 6.53. The normalized spacial score (nSPS) is 26.2. The zero-order chi connectivity index (χ0) is 30.8. The molecule has 0 aromatic heterocycles. The number of ketones is 2. The molecule has 3 aliphatic rings. The van der Waals surface area contributed by atoms with E-state index >= 15 is 0 Å². The van der Waals surface area contributed by atoms with E-state index in [4.69, 9.17) is 5.73 Å². The fourth-order valence-corrected chi connectivity index (χ4v) is 6.91. The van der Waals surface area contributed by atoms with Gasteiger partial charge >= 0.3 is 0 Å². The van der Waals surface area contributed by atoms with E-state index in [0.717, 1.165) is 24.9 Å². The lowest BCUT2D eigenvalue weighted by molar-refractivity contribution is -0.153. The van der Waals surface area contributed by atoms with E-state index in [-0.39, 0.29) is 35.1 Å². The van der Waals surface area contributed by atoms with Crippen LogP contribution in [0.15, 0.2) is 23.0 Å². The van der Waals surface area contributed by atoms with Crippen molar-refractivity contribution in [2.24, 2.45) is 23.0 Å². The van der Waals surface area contributed by atoms with Gasteiger partial charge in [-0.15, -0.1) is 0 Å². The highest BCUT2D eigenvalue weighted by Crippen LogP contribution is 2.54. The minimum Gasteiger partial charge on any atom is -0.508 e. The summed E-state index contributed by atoms with van der Waals surface area (Å²) < 4.78 is 0. The standard InChI is InChI=1S/C31H43N3O7/c1-30(2,3)11-9-8-10-15-14-19(33(4)5)17-12-16-13-18-23(34(6)7)26(37)22(29(32)40)28(39)31(18,41)27(38)20(16)25(36)21(17)24(15)35/h14,16,18,23,35-36,39,41H,8-13H2,1-7H3,(H2,32,40). The number of nitrogens with two attached hydrogens (primary N) is 1. The average molecular weight is 570 g/mol. The van der Waals surface area contributed by atoms with E-state index in [1.807, 2.05) is 25.1 Å². The Hall–Kier alpha value is -3.37. The lowest BCUT2D eigenvalue weighted by Crippen LogP contribution is -2.65. The van der Waals surface area contributed by atoms with Crippen molar-refractivity contribution in [1.29, 1.82) is 0 Å². The van der Waals surface area contributed by atoms with Crippen LogP contribution < -0.4 is 10.6 Å². The second kappa shape index (κ2) is 10.5. The lowest BCUT2D eigenvalue weighted by Gasteiger charge is -2.50. The number of phenolic OH excluding ortho intramolecular Hbond substituents is 1. The van der Waals surface area contributed by atoms with Crippen LogP contribution in [0.25, 0.3) is 5.76 Å². The molecular weight excluding hydrogens is 526 g/mol. The predicted molar refractivity (Wildman–Crippen MR) is 156 cm³/mol. The van der Waals surface area contributed by atoms with Gasteiger partial charge in [0, 0.05) is 31.3 Å². The molecule has 10 heteroatoms. The van der Waals surface area contributed by atoms with Crippen LogP contribution in [-0.4, -0.2) is 82.6 Å². The molecule has 3 aliphatic carbocycles. The molecule has 0 saturated heterocycles. The first-order chi connectivity index (χ1) is 18.9. The quantitative estimate of drug-likeness (QED) is 0.245. The van der Waals surface area contributed by atoms with E-state index in [1.165, 1.54) is 4.90 Å². The van der Waals surface area contributed by atoms with Crippen LogP contribution in [0.2, 0.25) is 0 Å². The molecule has 1 saturated carbocycles. The molecule has 4 unspecified atom stereocenters. The van der Waals surface area contributed by atoms with Gasteiger partial charge in [-0.05, 0) is 74.7 Å². The largest absolute Gasteiger partial charge is 0.508 e. The van der Waals surface area contributed by atoms with Gasteiger partial charge < -0.3 is 31.1 Å². The number of unbranched alkanes of at least 4 members (excludes halogenated alkanes) is 1. The molecule has 10 nitrogen and oxygen atoms in total. The third-order valence-electron chi connectivity index (χ3n) is 8.88. The van der Waals surface area contributed by atoms with Crippen molar-refractivity contribution in [2.75, 3.05) is 33.1 Å². The van der Waals surface area contributed by atoms with Crippen molar-refractivity contribution in [3.8, 4) is 5.75 Å². The number of phenols is 1. The Morgan fingerprint density at radius 2 is 1.73 bits per heavy atom. The first-order valence-corrected chi connectivity index (χ1v) is 14.1. The van der Waals surface area contributed by atoms with Gasteiger partial charge in [0.2, 0.25) is 5.78 Å². The Balaban J connectivity index is 1.87. The van der Waals surface area contributed by atoms with E-state index in [0.29, 0.717) is 17.5 Å². The zero-order valence-electron chi connectivity index (χ0n) is 25.0. The molecule has 1 aromatic rings. The molecule has 0 bridgehead atoms. The van der Waals surface area contributed by atoms with Crippen LogP contribution in [0.1, 0.15) is 63.1 Å². The molecule has 1 aromatic carbocycles. The highest BCUT2D eigenvalue weighted by molar-refractivity contribution is 6.24. The maximum Gasteiger partial charge on any atom is 0.255 e. The topological polar surface area (TPSA) is 165 Å². The number of primary amides is 1. The smallest absolute Gasteiger partial charge is 0.255 e. The molecule has 1 amide bonds. The van der Waals surface area contributed by atoms with Crippen molar-refractivity contribution in [2.45, 2.75) is 70.9 Å². The Morgan fingerprint density at radius 3 is 2.27 bits per heavy atom. The number of aryl methyl sites for hydroxylation is 1. The number of hydrogen-bond donors (Lipinski definition) is 5. The Kier molecular flexibility index (Phi) is 7.81. The maximum atomic E-state index is 14.1. The van der Waals surface area contributed by atoms with Gasteiger partial charge in [-0.1, -0.05) is 27.2 Å². The zero-order valence-corrected chi connectivity index (χ0v) is 25.0. The fraction of sp³-hybridized carbons (Fsp3) is 0.581. The second-order valence-corrected chi connectivity index (χ2v) is 13.4. The molecule has 224 valence electrons. The molecule has 4 rings (SSSR count). The number of hydrogen-bond acceptors (Lipinski definition) is 9. The number of amides is 1. The van der Waals surface area contributed by atoms with Gasteiger partial charge in [-0.2, -0.15) is 0 Å². The molecule has 6 N–H and O–H groups in total. The van der Waals surface area contributed by atoms with E-state index in [2.05, 4.69) is 20.8 Å². The van der Waals surface area contributed by atoms with Gasteiger partial charge in [0.1, 0.15) is 22.8 Å². The number of carbonyl (C=O) groups excluding carboxylic acids is 3. The summed E-state index contributed by atoms with van der Waals surface area (Å²) in [5.41, 5.74) is 4.22. The average Bonchev–Trinajstić information content (AvgIpc) is 2.83. The van der Waals surface area contributed by atoms with Gasteiger partial charge in [-0.25, -0.2) is 0 Å². The first kappa shape index (κ1) is 30.6. The molecule has 0 radical (unpaired) electrons. The van der Waals surface area contributed by atoms with Crippen molar-refractivity contribution in [1.82, 2.24) is 4.90 Å². The number of aliphatic hydroxyl groups excluding tert-OH is 2.